The highest BCUT2D eigenvalue weighted by Crippen LogP contribution is 2.21. The summed E-state index contributed by atoms with van der Waals surface area (Å²) in [7, 11) is 1.19. The number of aliphatic carboxylic acids is 1. The SMILES string of the molecule is COC1OC(C(=O)O)C(O)C(O)C1O.O. The molecule has 0 aliphatic carbocycles. The molecule has 1 rings (SSSR count). The fourth-order valence-electron chi connectivity index (χ4n) is 1.25. The van der Waals surface area contributed by atoms with E-state index in [0.717, 1.165) is 0 Å². The molecule has 0 amide bonds. The number of hydrogen-bond acceptors (Lipinski definition) is 6. The minimum atomic E-state index is -1.67. The van der Waals surface area contributed by atoms with E-state index in [0.29, 0.717) is 0 Å². The summed E-state index contributed by atoms with van der Waals surface area (Å²) >= 11 is 0. The van der Waals surface area contributed by atoms with Crippen LogP contribution in [0.3, 0.4) is 0 Å². The number of carbonyl (C=O) groups is 1. The molecule has 0 bridgehead atoms. The van der Waals surface area contributed by atoms with Gasteiger partial charge in [-0.1, -0.05) is 0 Å². The fourth-order valence-corrected chi connectivity index (χ4v) is 1.25. The van der Waals surface area contributed by atoms with Crippen molar-refractivity contribution in [3.63, 3.8) is 0 Å². The minimum Gasteiger partial charge on any atom is -0.479 e. The lowest BCUT2D eigenvalue weighted by atomic mass is 9.99. The van der Waals surface area contributed by atoms with Crippen molar-refractivity contribution >= 4 is 5.97 Å². The summed E-state index contributed by atoms with van der Waals surface area (Å²) in [6.45, 7) is 0. The molecule has 8 nitrogen and oxygen atoms in total. The minimum absolute atomic E-state index is 0. The van der Waals surface area contributed by atoms with Gasteiger partial charge in [-0.15, -0.1) is 0 Å². The molecule has 1 heterocycles. The van der Waals surface area contributed by atoms with Crippen molar-refractivity contribution in [1.29, 1.82) is 0 Å². The molecule has 0 spiro atoms. The van der Waals surface area contributed by atoms with Crippen LogP contribution in [0.25, 0.3) is 0 Å². The molecule has 1 aliphatic rings. The van der Waals surface area contributed by atoms with Gasteiger partial charge in [-0.3, -0.25) is 0 Å². The van der Waals surface area contributed by atoms with Crippen molar-refractivity contribution in [1.82, 2.24) is 0 Å². The fraction of sp³-hybridized carbons (Fsp3) is 0.857. The number of carboxylic acid groups (broad SMARTS) is 1. The van der Waals surface area contributed by atoms with E-state index in [2.05, 4.69) is 4.74 Å². The van der Waals surface area contributed by atoms with Crippen LogP contribution in [0.4, 0.5) is 0 Å². The second-order valence-electron chi connectivity index (χ2n) is 2.97. The largest absolute Gasteiger partial charge is 0.479 e. The smallest absolute Gasteiger partial charge is 0.335 e. The van der Waals surface area contributed by atoms with Crippen LogP contribution >= 0.6 is 0 Å². The molecular formula is C7H14O8. The predicted molar refractivity (Wildman–Crippen MR) is 44.9 cm³/mol. The zero-order valence-corrected chi connectivity index (χ0v) is 7.90. The molecular weight excluding hydrogens is 212 g/mol. The Bertz CT molecular complexity index is 217. The van der Waals surface area contributed by atoms with E-state index in [4.69, 9.17) is 9.84 Å². The van der Waals surface area contributed by atoms with E-state index in [-0.39, 0.29) is 5.48 Å². The molecule has 5 atom stereocenters. The highest BCUT2D eigenvalue weighted by atomic mass is 16.7. The van der Waals surface area contributed by atoms with Crippen LogP contribution < -0.4 is 0 Å². The second kappa shape index (κ2) is 5.35. The van der Waals surface area contributed by atoms with Gasteiger partial charge >= 0.3 is 5.97 Å². The first-order valence-corrected chi connectivity index (χ1v) is 3.94. The number of aliphatic hydroxyl groups is 3. The third-order valence-electron chi connectivity index (χ3n) is 2.05. The molecule has 0 radical (unpaired) electrons. The topological polar surface area (TPSA) is 148 Å². The Kier molecular flexibility index (Phi) is 5.08. The predicted octanol–water partition coefficient (Wildman–Crippen LogP) is -3.30. The van der Waals surface area contributed by atoms with Gasteiger partial charge in [0, 0.05) is 7.11 Å². The number of hydrogen-bond donors (Lipinski definition) is 4. The molecule has 1 aliphatic heterocycles. The molecule has 8 heteroatoms. The molecule has 1 saturated heterocycles. The van der Waals surface area contributed by atoms with Crippen molar-refractivity contribution in [3.05, 3.63) is 0 Å². The van der Waals surface area contributed by atoms with E-state index in [1.54, 1.807) is 0 Å². The van der Waals surface area contributed by atoms with Gasteiger partial charge in [-0.05, 0) is 0 Å². The van der Waals surface area contributed by atoms with E-state index in [9.17, 15) is 20.1 Å². The van der Waals surface area contributed by atoms with Gasteiger partial charge in [0.15, 0.2) is 12.4 Å². The van der Waals surface area contributed by atoms with Crippen LogP contribution in [0.5, 0.6) is 0 Å². The van der Waals surface area contributed by atoms with Gasteiger partial charge in [0.25, 0.3) is 0 Å². The summed E-state index contributed by atoms with van der Waals surface area (Å²) in [6.07, 6.45) is -7.60. The Balaban J connectivity index is 0.00000196. The number of rotatable bonds is 2. The molecule has 0 aromatic rings. The summed E-state index contributed by atoms with van der Waals surface area (Å²) in [5.41, 5.74) is 0. The Labute approximate surface area is 85.0 Å². The summed E-state index contributed by atoms with van der Waals surface area (Å²) in [4.78, 5) is 10.5. The van der Waals surface area contributed by atoms with Crippen LogP contribution in [0, 0.1) is 0 Å². The third-order valence-corrected chi connectivity index (χ3v) is 2.05. The average Bonchev–Trinajstić information content (AvgIpc) is 2.14. The maximum absolute atomic E-state index is 10.5. The Hall–Kier alpha value is -0.770. The summed E-state index contributed by atoms with van der Waals surface area (Å²) in [5, 5.41) is 36.3. The van der Waals surface area contributed by atoms with Crippen molar-refractivity contribution < 1.29 is 40.2 Å². The van der Waals surface area contributed by atoms with E-state index >= 15 is 0 Å². The number of carboxylic acids is 1. The van der Waals surface area contributed by atoms with Crippen molar-refractivity contribution in [3.8, 4) is 0 Å². The van der Waals surface area contributed by atoms with Gasteiger partial charge in [-0.2, -0.15) is 0 Å². The molecule has 15 heavy (non-hydrogen) atoms. The van der Waals surface area contributed by atoms with Crippen LogP contribution in [-0.2, 0) is 14.3 Å². The molecule has 0 saturated carbocycles. The molecule has 6 N–H and O–H groups in total. The monoisotopic (exact) mass is 226 g/mol. The third kappa shape index (κ3) is 2.62. The molecule has 0 aromatic heterocycles. The van der Waals surface area contributed by atoms with Gasteiger partial charge < -0.3 is 35.4 Å². The molecule has 1 fully saturated rings. The van der Waals surface area contributed by atoms with E-state index < -0.39 is 36.7 Å². The highest BCUT2D eigenvalue weighted by molar-refractivity contribution is 5.73. The van der Waals surface area contributed by atoms with Crippen molar-refractivity contribution in [2.45, 2.75) is 30.7 Å². The average molecular weight is 226 g/mol. The van der Waals surface area contributed by atoms with Gasteiger partial charge in [-0.25, -0.2) is 4.79 Å². The first-order valence-electron chi connectivity index (χ1n) is 3.94. The Morgan fingerprint density at radius 2 is 1.73 bits per heavy atom. The number of ether oxygens (including phenoxy) is 2. The van der Waals surface area contributed by atoms with Gasteiger partial charge in [0.1, 0.15) is 18.3 Å². The van der Waals surface area contributed by atoms with Crippen molar-refractivity contribution in [2.75, 3.05) is 7.11 Å². The van der Waals surface area contributed by atoms with Gasteiger partial charge in [0.2, 0.25) is 0 Å². The maximum atomic E-state index is 10.5. The first-order chi connectivity index (χ1) is 6.49. The zero-order chi connectivity index (χ0) is 10.9. The Morgan fingerprint density at radius 3 is 2.13 bits per heavy atom. The molecule has 0 aromatic carbocycles. The lowest BCUT2D eigenvalue weighted by Gasteiger charge is -2.37. The standard InChI is InChI=1S/C7H12O7.H2O/c1-13-7-4(10)2(8)3(9)5(14-7)6(11)12;/h2-5,7-10H,1H3,(H,11,12);1H2. The lowest BCUT2D eigenvalue weighted by molar-refractivity contribution is -0.287. The van der Waals surface area contributed by atoms with E-state index in [1.807, 2.05) is 0 Å². The summed E-state index contributed by atoms with van der Waals surface area (Å²) < 4.78 is 9.31. The lowest BCUT2D eigenvalue weighted by Crippen LogP contribution is -2.60. The Morgan fingerprint density at radius 1 is 1.20 bits per heavy atom. The maximum Gasteiger partial charge on any atom is 0.335 e. The number of aliphatic hydroxyl groups excluding tert-OH is 3. The molecule has 5 unspecified atom stereocenters. The quantitative estimate of drug-likeness (QED) is 0.385. The number of methoxy groups -OCH3 is 1. The second-order valence-corrected chi connectivity index (χ2v) is 2.97. The normalized spacial score (nSPS) is 40.7. The van der Waals surface area contributed by atoms with Crippen LogP contribution in [-0.4, -0.2) is 69.7 Å². The highest BCUT2D eigenvalue weighted by Gasteiger charge is 2.46. The van der Waals surface area contributed by atoms with Crippen LogP contribution in [0.15, 0.2) is 0 Å². The first kappa shape index (κ1) is 14.2. The summed E-state index contributed by atoms with van der Waals surface area (Å²) in [6, 6.07) is 0. The van der Waals surface area contributed by atoms with Crippen LogP contribution in [0.1, 0.15) is 0 Å². The van der Waals surface area contributed by atoms with Crippen LogP contribution in [0.2, 0.25) is 0 Å². The van der Waals surface area contributed by atoms with Crippen molar-refractivity contribution in [2.24, 2.45) is 0 Å². The zero-order valence-electron chi connectivity index (χ0n) is 7.90. The summed E-state index contributed by atoms with van der Waals surface area (Å²) in [5.74, 6) is -1.43. The van der Waals surface area contributed by atoms with Gasteiger partial charge in [0.05, 0.1) is 0 Å². The van der Waals surface area contributed by atoms with E-state index in [1.165, 1.54) is 7.11 Å². The molecule has 90 valence electrons.